The van der Waals surface area contributed by atoms with Gasteiger partial charge in [-0.05, 0) is 37.5 Å². The molecule has 1 aromatic carbocycles. The van der Waals surface area contributed by atoms with Gasteiger partial charge in [-0.15, -0.1) is 24.0 Å². The lowest BCUT2D eigenvalue weighted by atomic mass is 10.1. The van der Waals surface area contributed by atoms with E-state index in [1.54, 1.807) is 7.11 Å². The average molecular weight is 477 g/mol. The minimum Gasteiger partial charge on any atom is -0.497 e. The molecule has 0 unspecified atom stereocenters. The van der Waals surface area contributed by atoms with Crippen molar-refractivity contribution in [1.82, 2.24) is 10.6 Å². The predicted molar refractivity (Wildman–Crippen MR) is 116 cm³/mol. The fourth-order valence-corrected chi connectivity index (χ4v) is 2.34. The standard InChI is InChI=1S/C19H31N3O3.HI/c1-4-20-19(21-13-8-6-5-7-12-18(23)25-3)22-15-16-10-9-11-17(14-16)24-2;/h9-11,14H,4-8,12-13,15H2,1-3H3,(H2,20,21,22);1H. The van der Waals surface area contributed by atoms with Gasteiger partial charge in [0, 0.05) is 19.5 Å². The molecule has 0 aliphatic rings. The van der Waals surface area contributed by atoms with E-state index in [2.05, 4.69) is 27.3 Å². The maximum absolute atomic E-state index is 11.0. The van der Waals surface area contributed by atoms with Crippen LogP contribution in [0.2, 0.25) is 0 Å². The molecule has 148 valence electrons. The van der Waals surface area contributed by atoms with Crippen molar-refractivity contribution in [3.8, 4) is 5.75 Å². The highest BCUT2D eigenvalue weighted by Crippen LogP contribution is 2.13. The molecule has 0 saturated heterocycles. The van der Waals surface area contributed by atoms with Crippen molar-refractivity contribution in [1.29, 1.82) is 0 Å². The monoisotopic (exact) mass is 477 g/mol. The number of rotatable bonds is 11. The van der Waals surface area contributed by atoms with Crippen LogP contribution in [0.4, 0.5) is 0 Å². The normalized spacial score (nSPS) is 10.7. The number of ether oxygens (including phenoxy) is 2. The number of methoxy groups -OCH3 is 2. The second-order valence-corrected chi connectivity index (χ2v) is 5.71. The van der Waals surface area contributed by atoms with Gasteiger partial charge >= 0.3 is 5.97 Å². The minimum absolute atomic E-state index is 0. The summed E-state index contributed by atoms with van der Waals surface area (Å²) < 4.78 is 9.87. The zero-order chi connectivity index (χ0) is 18.3. The Morgan fingerprint density at radius 3 is 2.58 bits per heavy atom. The van der Waals surface area contributed by atoms with E-state index in [4.69, 9.17) is 4.74 Å². The Balaban J connectivity index is 0.00000625. The Morgan fingerprint density at radius 2 is 1.88 bits per heavy atom. The number of unbranched alkanes of at least 4 members (excludes halogenated alkanes) is 3. The molecule has 0 aromatic heterocycles. The van der Waals surface area contributed by atoms with E-state index in [0.29, 0.717) is 13.0 Å². The molecule has 1 rings (SSSR count). The van der Waals surface area contributed by atoms with E-state index >= 15 is 0 Å². The molecular weight excluding hydrogens is 445 g/mol. The molecule has 0 heterocycles. The third-order valence-electron chi connectivity index (χ3n) is 3.73. The molecule has 0 radical (unpaired) electrons. The van der Waals surface area contributed by atoms with Gasteiger partial charge in [0.1, 0.15) is 5.75 Å². The predicted octanol–water partition coefficient (Wildman–Crippen LogP) is 3.49. The van der Waals surface area contributed by atoms with Crippen LogP contribution < -0.4 is 15.4 Å². The van der Waals surface area contributed by atoms with Gasteiger partial charge in [-0.25, -0.2) is 4.99 Å². The molecule has 0 aliphatic carbocycles. The Labute approximate surface area is 174 Å². The smallest absolute Gasteiger partial charge is 0.305 e. The summed E-state index contributed by atoms with van der Waals surface area (Å²) in [4.78, 5) is 15.6. The van der Waals surface area contributed by atoms with E-state index in [9.17, 15) is 4.79 Å². The summed E-state index contributed by atoms with van der Waals surface area (Å²) in [5.41, 5.74) is 1.11. The number of carbonyl (C=O) groups is 1. The van der Waals surface area contributed by atoms with Crippen molar-refractivity contribution < 1.29 is 14.3 Å². The second-order valence-electron chi connectivity index (χ2n) is 5.71. The molecule has 0 atom stereocenters. The van der Waals surface area contributed by atoms with Crippen molar-refractivity contribution in [2.75, 3.05) is 27.3 Å². The van der Waals surface area contributed by atoms with Crippen molar-refractivity contribution in [3.63, 3.8) is 0 Å². The number of aliphatic imine (C=N–C) groups is 1. The topological polar surface area (TPSA) is 72.0 Å². The number of nitrogens with zero attached hydrogens (tertiary/aromatic N) is 1. The van der Waals surface area contributed by atoms with Crippen LogP contribution in [0.25, 0.3) is 0 Å². The van der Waals surface area contributed by atoms with Gasteiger partial charge in [-0.3, -0.25) is 4.79 Å². The van der Waals surface area contributed by atoms with Gasteiger partial charge in [-0.2, -0.15) is 0 Å². The summed E-state index contributed by atoms with van der Waals surface area (Å²) in [6, 6.07) is 7.93. The number of guanidine groups is 1. The number of hydrogen-bond acceptors (Lipinski definition) is 4. The van der Waals surface area contributed by atoms with Crippen LogP contribution in [0.1, 0.15) is 44.6 Å². The fraction of sp³-hybridized carbons (Fsp3) is 0.579. The lowest BCUT2D eigenvalue weighted by molar-refractivity contribution is -0.140. The van der Waals surface area contributed by atoms with Gasteiger partial charge in [-0.1, -0.05) is 25.0 Å². The summed E-state index contributed by atoms with van der Waals surface area (Å²) in [5, 5.41) is 6.60. The Kier molecular flexibility index (Phi) is 14.8. The molecule has 7 heteroatoms. The van der Waals surface area contributed by atoms with Crippen molar-refractivity contribution >= 4 is 35.9 Å². The van der Waals surface area contributed by atoms with E-state index in [1.165, 1.54) is 7.11 Å². The molecule has 6 nitrogen and oxygen atoms in total. The van der Waals surface area contributed by atoms with Crippen LogP contribution in [-0.2, 0) is 16.1 Å². The Bertz CT molecular complexity index is 539. The number of halogens is 1. The SMILES string of the molecule is CCNC(=NCc1cccc(OC)c1)NCCCCCCC(=O)OC.I. The zero-order valence-corrected chi connectivity index (χ0v) is 18.4. The maximum Gasteiger partial charge on any atom is 0.305 e. The van der Waals surface area contributed by atoms with Crippen molar-refractivity contribution in [2.45, 2.75) is 45.6 Å². The van der Waals surface area contributed by atoms with Gasteiger partial charge in [0.05, 0.1) is 20.8 Å². The summed E-state index contributed by atoms with van der Waals surface area (Å²) in [6.45, 7) is 4.34. The van der Waals surface area contributed by atoms with Gasteiger partial charge in [0.2, 0.25) is 0 Å². The highest BCUT2D eigenvalue weighted by molar-refractivity contribution is 14.0. The summed E-state index contributed by atoms with van der Waals surface area (Å²) >= 11 is 0. The third-order valence-corrected chi connectivity index (χ3v) is 3.73. The highest BCUT2D eigenvalue weighted by Gasteiger charge is 2.01. The number of benzene rings is 1. The number of esters is 1. The second kappa shape index (κ2) is 15.7. The first-order chi connectivity index (χ1) is 12.2. The lowest BCUT2D eigenvalue weighted by Gasteiger charge is -2.11. The number of hydrogen-bond donors (Lipinski definition) is 2. The van der Waals surface area contributed by atoms with Crippen LogP contribution in [-0.4, -0.2) is 39.2 Å². The van der Waals surface area contributed by atoms with Gasteiger partial charge < -0.3 is 20.1 Å². The summed E-state index contributed by atoms with van der Waals surface area (Å²) in [5.74, 6) is 1.54. The molecule has 0 fully saturated rings. The largest absolute Gasteiger partial charge is 0.497 e. The highest BCUT2D eigenvalue weighted by atomic mass is 127. The first kappa shape index (κ1) is 24.5. The van der Waals surface area contributed by atoms with Crippen LogP contribution in [0.5, 0.6) is 5.75 Å². The zero-order valence-electron chi connectivity index (χ0n) is 16.0. The minimum atomic E-state index is -0.128. The van der Waals surface area contributed by atoms with E-state index in [1.807, 2.05) is 24.3 Å². The van der Waals surface area contributed by atoms with Crippen LogP contribution >= 0.6 is 24.0 Å². The quantitative estimate of drug-likeness (QED) is 0.168. The lowest BCUT2D eigenvalue weighted by Crippen LogP contribution is -2.37. The molecule has 1 aromatic rings. The summed E-state index contributed by atoms with van der Waals surface area (Å²) in [6.07, 6.45) is 4.56. The van der Waals surface area contributed by atoms with Crippen LogP contribution in [0, 0.1) is 0 Å². The number of nitrogens with one attached hydrogen (secondary N) is 2. The Morgan fingerprint density at radius 1 is 1.12 bits per heavy atom. The Hall–Kier alpha value is -1.51. The molecule has 0 bridgehead atoms. The van der Waals surface area contributed by atoms with Crippen molar-refractivity contribution in [2.24, 2.45) is 4.99 Å². The van der Waals surface area contributed by atoms with Gasteiger partial charge in [0.15, 0.2) is 5.96 Å². The van der Waals surface area contributed by atoms with Crippen molar-refractivity contribution in [3.05, 3.63) is 29.8 Å². The first-order valence-electron chi connectivity index (χ1n) is 8.91. The van der Waals surface area contributed by atoms with Gasteiger partial charge in [0.25, 0.3) is 0 Å². The molecule has 2 N–H and O–H groups in total. The molecule has 0 spiro atoms. The molecule has 0 aliphatic heterocycles. The van der Waals surface area contributed by atoms with E-state index in [-0.39, 0.29) is 29.9 Å². The first-order valence-corrected chi connectivity index (χ1v) is 8.91. The van der Waals surface area contributed by atoms with Crippen LogP contribution in [0.3, 0.4) is 0 Å². The molecular formula is C19H32IN3O3. The molecule has 26 heavy (non-hydrogen) atoms. The maximum atomic E-state index is 11.0. The summed E-state index contributed by atoms with van der Waals surface area (Å²) in [7, 11) is 3.10. The van der Waals surface area contributed by atoms with Crippen LogP contribution in [0.15, 0.2) is 29.3 Å². The van der Waals surface area contributed by atoms with E-state index in [0.717, 1.165) is 56.0 Å². The van der Waals surface area contributed by atoms with E-state index < -0.39 is 0 Å². The molecule has 0 amide bonds. The fourth-order valence-electron chi connectivity index (χ4n) is 2.34. The average Bonchev–Trinajstić information content (AvgIpc) is 2.65. The number of carbonyl (C=O) groups excluding carboxylic acids is 1. The third kappa shape index (κ3) is 11.2. The molecule has 0 saturated carbocycles.